The fraction of sp³-hybridized carbons (Fsp3) is 0.0952. The zero-order valence-corrected chi connectivity index (χ0v) is 16.7. The summed E-state index contributed by atoms with van der Waals surface area (Å²) in [7, 11) is 0. The Balaban J connectivity index is 1.60. The van der Waals surface area contributed by atoms with Crippen molar-refractivity contribution in [2.75, 3.05) is 10.7 Å². The number of fused-ring (bicyclic) bond motifs is 1. The summed E-state index contributed by atoms with van der Waals surface area (Å²) < 4.78 is 27.8. The third kappa shape index (κ3) is 4.60. The van der Waals surface area contributed by atoms with Gasteiger partial charge in [0.1, 0.15) is 17.2 Å². The second-order valence-electron chi connectivity index (χ2n) is 6.13. The van der Waals surface area contributed by atoms with E-state index in [1.165, 1.54) is 46.2 Å². The normalized spacial score (nSPS) is 11.0. The first kappa shape index (κ1) is 19.5. The highest BCUT2D eigenvalue weighted by Crippen LogP contribution is 2.32. The number of para-hydroxylation sites is 1. The first-order valence-electron chi connectivity index (χ1n) is 8.74. The van der Waals surface area contributed by atoms with Crippen molar-refractivity contribution in [3.8, 4) is 0 Å². The number of halogens is 2. The van der Waals surface area contributed by atoms with Gasteiger partial charge < -0.3 is 0 Å². The standard InChI is InChI=1S/C21H15F2N3OS2/c22-14-7-9-16(10-8-14)28-13-19(27)26(12-15-4-1-2-11-24-15)21-25-20-17(23)5-3-6-18(20)29-21/h1-11H,12-13H2. The molecule has 0 unspecified atom stereocenters. The Morgan fingerprint density at radius 3 is 2.59 bits per heavy atom. The smallest absolute Gasteiger partial charge is 0.239 e. The lowest BCUT2D eigenvalue weighted by Crippen LogP contribution is -2.32. The second-order valence-corrected chi connectivity index (χ2v) is 8.18. The van der Waals surface area contributed by atoms with Gasteiger partial charge in [0.2, 0.25) is 5.91 Å². The van der Waals surface area contributed by atoms with E-state index in [4.69, 9.17) is 0 Å². The zero-order valence-electron chi connectivity index (χ0n) is 15.1. The summed E-state index contributed by atoms with van der Waals surface area (Å²) in [6, 6.07) is 16.2. The summed E-state index contributed by atoms with van der Waals surface area (Å²) in [5, 5.41) is 0.417. The maximum Gasteiger partial charge on any atom is 0.239 e. The maximum absolute atomic E-state index is 14.1. The fourth-order valence-electron chi connectivity index (χ4n) is 2.69. The molecular weight excluding hydrogens is 412 g/mol. The first-order valence-corrected chi connectivity index (χ1v) is 10.5. The van der Waals surface area contributed by atoms with E-state index >= 15 is 0 Å². The molecule has 29 heavy (non-hydrogen) atoms. The summed E-state index contributed by atoms with van der Waals surface area (Å²) in [5.74, 6) is -0.800. The van der Waals surface area contributed by atoms with E-state index in [1.54, 1.807) is 36.5 Å². The molecule has 4 aromatic rings. The average molecular weight is 428 g/mol. The molecule has 0 radical (unpaired) electrons. The minimum Gasteiger partial charge on any atom is -0.281 e. The molecule has 2 heterocycles. The van der Waals surface area contributed by atoms with E-state index in [1.807, 2.05) is 12.1 Å². The lowest BCUT2D eigenvalue weighted by molar-refractivity contribution is -0.116. The van der Waals surface area contributed by atoms with E-state index in [0.29, 0.717) is 15.5 Å². The van der Waals surface area contributed by atoms with E-state index in [-0.39, 0.29) is 29.5 Å². The topological polar surface area (TPSA) is 46.1 Å². The van der Waals surface area contributed by atoms with Gasteiger partial charge in [-0.05, 0) is 48.5 Å². The van der Waals surface area contributed by atoms with E-state index in [9.17, 15) is 13.6 Å². The number of thiazole rings is 1. The molecule has 0 atom stereocenters. The predicted molar refractivity (Wildman–Crippen MR) is 112 cm³/mol. The lowest BCUT2D eigenvalue weighted by atomic mass is 10.3. The van der Waals surface area contributed by atoms with Gasteiger partial charge >= 0.3 is 0 Å². The summed E-state index contributed by atoms with van der Waals surface area (Å²) in [4.78, 5) is 24.0. The van der Waals surface area contributed by atoms with Gasteiger partial charge in [-0.3, -0.25) is 14.7 Å². The number of thioether (sulfide) groups is 1. The minimum absolute atomic E-state index is 0.136. The number of amides is 1. The van der Waals surface area contributed by atoms with E-state index in [0.717, 1.165) is 4.90 Å². The number of carbonyl (C=O) groups is 1. The van der Waals surface area contributed by atoms with Gasteiger partial charge in [0, 0.05) is 11.1 Å². The summed E-state index contributed by atoms with van der Waals surface area (Å²) in [5.41, 5.74) is 0.949. The number of rotatable bonds is 6. The Kier molecular flexibility index (Phi) is 5.82. The highest BCUT2D eigenvalue weighted by molar-refractivity contribution is 8.00. The van der Waals surface area contributed by atoms with Crippen LogP contribution in [0.5, 0.6) is 0 Å². The zero-order chi connectivity index (χ0) is 20.2. The monoisotopic (exact) mass is 427 g/mol. The molecule has 146 valence electrons. The predicted octanol–water partition coefficient (Wildman–Crippen LogP) is 5.30. The molecule has 2 aromatic carbocycles. The third-order valence-electron chi connectivity index (χ3n) is 4.11. The highest BCUT2D eigenvalue weighted by Gasteiger charge is 2.21. The van der Waals surface area contributed by atoms with Crippen LogP contribution in [0.4, 0.5) is 13.9 Å². The molecule has 4 nitrogen and oxygen atoms in total. The van der Waals surface area contributed by atoms with Crippen LogP contribution in [0, 0.1) is 11.6 Å². The van der Waals surface area contributed by atoms with Crippen molar-refractivity contribution in [1.82, 2.24) is 9.97 Å². The molecule has 0 spiro atoms. The number of hydrogen-bond donors (Lipinski definition) is 0. The number of anilines is 1. The van der Waals surface area contributed by atoms with Gasteiger partial charge in [0.05, 0.1) is 22.7 Å². The highest BCUT2D eigenvalue weighted by atomic mass is 32.2. The van der Waals surface area contributed by atoms with Gasteiger partial charge in [-0.1, -0.05) is 23.5 Å². The maximum atomic E-state index is 14.1. The lowest BCUT2D eigenvalue weighted by Gasteiger charge is -2.19. The molecule has 1 amide bonds. The Bertz CT molecular complexity index is 1130. The van der Waals surface area contributed by atoms with E-state index < -0.39 is 5.82 Å². The summed E-state index contributed by atoms with van der Waals surface area (Å²) in [6.45, 7) is 0.227. The van der Waals surface area contributed by atoms with Gasteiger partial charge in [-0.25, -0.2) is 13.8 Å². The Labute approximate surface area is 174 Å². The molecule has 0 N–H and O–H groups in total. The number of aromatic nitrogens is 2. The molecule has 4 rings (SSSR count). The number of benzene rings is 2. The van der Waals surface area contributed by atoms with Crippen molar-refractivity contribution in [2.45, 2.75) is 11.4 Å². The number of nitrogens with zero attached hydrogens (tertiary/aromatic N) is 3. The van der Waals surface area contributed by atoms with Gasteiger partial charge in [-0.2, -0.15) is 0 Å². The Morgan fingerprint density at radius 1 is 1.03 bits per heavy atom. The molecule has 0 bridgehead atoms. The molecule has 0 saturated carbocycles. The largest absolute Gasteiger partial charge is 0.281 e. The van der Waals surface area contributed by atoms with Crippen LogP contribution in [0.2, 0.25) is 0 Å². The summed E-state index contributed by atoms with van der Waals surface area (Å²) in [6.07, 6.45) is 1.66. The Hall–Kier alpha value is -2.84. The van der Waals surface area contributed by atoms with Crippen molar-refractivity contribution < 1.29 is 13.6 Å². The minimum atomic E-state index is -0.420. The van der Waals surface area contributed by atoms with Gasteiger partial charge in [0.25, 0.3) is 0 Å². The van der Waals surface area contributed by atoms with Gasteiger partial charge in [-0.15, -0.1) is 11.8 Å². The SMILES string of the molecule is O=C(CSc1ccc(F)cc1)N(Cc1ccccn1)c1nc2c(F)cccc2s1. The van der Waals surface area contributed by atoms with E-state index in [2.05, 4.69) is 9.97 Å². The third-order valence-corrected chi connectivity index (χ3v) is 6.15. The second kappa shape index (κ2) is 8.67. The van der Waals surface area contributed by atoms with Gasteiger partial charge in [0.15, 0.2) is 5.13 Å². The van der Waals surface area contributed by atoms with Crippen molar-refractivity contribution >= 4 is 44.4 Å². The Morgan fingerprint density at radius 2 is 1.86 bits per heavy atom. The average Bonchev–Trinajstić information content (AvgIpc) is 3.17. The molecule has 0 saturated heterocycles. The number of hydrogen-bond acceptors (Lipinski definition) is 5. The van der Waals surface area contributed by atoms with Crippen molar-refractivity contribution in [1.29, 1.82) is 0 Å². The van der Waals surface area contributed by atoms with Crippen molar-refractivity contribution in [2.24, 2.45) is 0 Å². The number of pyridine rings is 1. The quantitative estimate of drug-likeness (QED) is 0.392. The molecule has 0 aliphatic rings. The van der Waals surface area contributed by atoms with Crippen LogP contribution in [-0.4, -0.2) is 21.6 Å². The fourth-order valence-corrected chi connectivity index (χ4v) is 4.46. The van der Waals surface area contributed by atoms with Crippen LogP contribution in [0.25, 0.3) is 10.2 Å². The van der Waals surface area contributed by atoms with Crippen LogP contribution in [-0.2, 0) is 11.3 Å². The number of carbonyl (C=O) groups excluding carboxylic acids is 1. The molecule has 0 aliphatic carbocycles. The van der Waals surface area contributed by atoms with Crippen molar-refractivity contribution in [3.05, 3.63) is 84.2 Å². The van der Waals surface area contributed by atoms with Crippen LogP contribution in [0.3, 0.4) is 0 Å². The summed E-state index contributed by atoms with van der Waals surface area (Å²) >= 11 is 2.56. The first-order chi connectivity index (χ1) is 14.1. The van der Waals surface area contributed by atoms with Crippen molar-refractivity contribution in [3.63, 3.8) is 0 Å². The molecule has 8 heteroatoms. The molecular formula is C21H15F2N3OS2. The van der Waals surface area contributed by atoms with Crippen LogP contribution in [0.15, 0.2) is 71.8 Å². The van der Waals surface area contributed by atoms with Crippen LogP contribution >= 0.6 is 23.1 Å². The molecule has 0 aliphatic heterocycles. The molecule has 0 fully saturated rings. The molecule has 2 aromatic heterocycles. The van der Waals surface area contributed by atoms with Crippen LogP contribution in [0.1, 0.15) is 5.69 Å². The van der Waals surface area contributed by atoms with Crippen LogP contribution < -0.4 is 4.90 Å².